The van der Waals surface area contributed by atoms with Gasteiger partial charge in [-0.25, -0.2) is 0 Å². The number of halogens is 2. The van der Waals surface area contributed by atoms with Crippen LogP contribution in [0, 0.1) is 19.8 Å². The van der Waals surface area contributed by atoms with Crippen molar-refractivity contribution in [3.05, 3.63) is 81.3 Å². The molecule has 0 bridgehead atoms. The van der Waals surface area contributed by atoms with Crippen LogP contribution < -0.4 is 25.2 Å². The predicted molar refractivity (Wildman–Crippen MR) is 147 cm³/mol. The summed E-state index contributed by atoms with van der Waals surface area (Å²) < 4.78 is 11.7. The summed E-state index contributed by atoms with van der Waals surface area (Å²) in [4.78, 5) is 27.1. The number of aryl methyl sites for hydroxylation is 2. The van der Waals surface area contributed by atoms with Gasteiger partial charge in [0.2, 0.25) is 11.8 Å². The first-order chi connectivity index (χ1) is 17.7. The van der Waals surface area contributed by atoms with Crippen LogP contribution in [0.1, 0.15) is 30.0 Å². The fraction of sp³-hybridized carbons (Fsp3) is 0.286. The molecule has 3 aromatic carbocycles. The molecule has 2 N–H and O–H groups in total. The molecule has 1 fully saturated rings. The van der Waals surface area contributed by atoms with Gasteiger partial charge in [0.15, 0.2) is 11.5 Å². The Hall–Kier alpha value is -3.42. The minimum Gasteiger partial charge on any atom is -0.490 e. The van der Waals surface area contributed by atoms with E-state index in [0.717, 1.165) is 22.4 Å². The summed E-state index contributed by atoms with van der Waals surface area (Å²) in [5.74, 6) is 0.305. The van der Waals surface area contributed by atoms with Gasteiger partial charge in [0.1, 0.15) is 6.61 Å². The molecule has 0 saturated carbocycles. The van der Waals surface area contributed by atoms with Crippen molar-refractivity contribution >= 4 is 46.4 Å². The van der Waals surface area contributed by atoms with Crippen LogP contribution in [0.2, 0.25) is 10.0 Å². The molecule has 4 rings (SSSR count). The smallest absolute Gasteiger partial charge is 0.243 e. The fourth-order valence-corrected chi connectivity index (χ4v) is 4.35. The first-order valence-corrected chi connectivity index (χ1v) is 12.8. The first kappa shape index (κ1) is 26.6. The summed E-state index contributed by atoms with van der Waals surface area (Å²) in [5.41, 5.74) is 10.2. The van der Waals surface area contributed by atoms with Crippen molar-refractivity contribution in [3.8, 4) is 11.5 Å². The quantitative estimate of drug-likeness (QED) is 0.320. The number of hydrogen-bond donors (Lipinski definition) is 2. The summed E-state index contributed by atoms with van der Waals surface area (Å²) in [7, 11) is 0. The van der Waals surface area contributed by atoms with E-state index in [0.29, 0.717) is 40.4 Å². The minimum absolute atomic E-state index is 0.0643. The van der Waals surface area contributed by atoms with Gasteiger partial charge in [0, 0.05) is 24.7 Å². The average Bonchev–Trinajstić information content (AvgIpc) is 3.27. The number of nitrogens with one attached hydrogen (secondary N) is 2. The summed E-state index contributed by atoms with van der Waals surface area (Å²) in [6.45, 7) is 6.97. The third kappa shape index (κ3) is 6.48. The van der Waals surface area contributed by atoms with Crippen molar-refractivity contribution in [3.63, 3.8) is 0 Å². The molecular formula is C28H29Cl2N3O4. The molecule has 1 saturated heterocycles. The highest BCUT2D eigenvalue weighted by atomic mass is 35.5. The summed E-state index contributed by atoms with van der Waals surface area (Å²) in [5, 5.41) is 0.946. The Morgan fingerprint density at radius 3 is 2.51 bits per heavy atom. The van der Waals surface area contributed by atoms with E-state index >= 15 is 0 Å². The van der Waals surface area contributed by atoms with Crippen LogP contribution in [0.4, 0.5) is 11.4 Å². The predicted octanol–water partition coefficient (Wildman–Crippen LogP) is 6.08. The van der Waals surface area contributed by atoms with Crippen molar-refractivity contribution in [2.24, 2.45) is 5.92 Å². The lowest BCUT2D eigenvalue weighted by atomic mass is 10.1. The van der Waals surface area contributed by atoms with Gasteiger partial charge in [-0.2, -0.15) is 0 Å². The molecule has 1 aliphatic rings. The largest absolute Gasteiger partial charge is 0.490 e. The Kier molecular flexibility index (Phi) is 8.46. The standard InChI is InChI=1S/C28H29Cl2N3O4/c1-4-36-26-14-21(7-10-25(26)37-16-19-6-9-23(29)24(30)12-19)31-32-28(35)20-13-27(34)33(15-20)22-8-5-17(2)18(3)11-22/h5-12,14,20,31H,4,13,15-16H2,1-3H3,(H,32,35)/t20-/m1/s1. The fourth-order valence-electron chi connectivity index (χ4n) is 4.03. The van der Waals surface area contributed by atoms with Crippen molar-refractivity contribution in [2.75, 3.05) is 23.5 Å². The summed E-state index contributed by atoms with van der Waals surface area (Å²) in [6.07, 6.45) is 0.159. The molecule has 0 aliphatic carbocycles. The van der Waals surface area contributed by atoms with Gasteiger partial charge < -0.3 is 14.4 Å². The topological polar surface area (TPSA) is 79.9 Å². The average molecular weight is 542 g/mol. The third-order valence-corrected chi connectivity index (χ3v) is 6.99. The zero-order chi connectivity index (χ0) is 26.5. The van der Waals surface area contributed by atoms with Gasteiger partial charge >= 0.3 is 0 Å². The molecule has 37 heavy (non-hydrogen) atoms. The van der Waals surface area contributed by atoms with E-state index in [2.05, 4.69) is 10.9 Å². The van der Waals surface area contributed by atoms with E-state index < -0.39 is 5.92 Å². The number of ether oxygens (including phenoxy) is 2. The second-order valence-electron chi connectivity index (χ2n) is 8.92. The van der Waals surface area contributed by atoms with Crippen molar-refractivity contribution in [2.45, 2.75) is 33.8 Å². The maximum atomic E-state index is 12.8. The van der Waals surface area contributed by atoms with Gasteiger partial charge in [-0.3, -0.25) is 20.4 Å². The van der Waals surface area contributed by atoms with Gasteiger partial charge in [0.25, 0.3) is 0 Å². The van der Waals surface area contributed by atoms with Crippen LogP contribution in [0.25, 0.3) is 0 Å². The second kappa shape index (κ2) is 11.8. The van der Waals surface area contributed by atoms with Crippen LogP contribution in [0.5, 0.6) is 11.5 Å². The molecule has 7 nitrogen and oxygen atoms in total. The van der Waals surface area contributed by atoms with E-state index in [-0.39, 0.29) is 24.8 Å². The highest BCUT2D eigenvalue weighted by molar-refractivity contribution is 6.42. The van der Waals surface area contributed by atoms with E-state index in [9.17, 15) is 9.59 Å². The maximum Gasteiger partial charge on any atom is 0.243 e. The molecule has 1 heterocycles. The molecule has 1 aliphatic heterocycles. The van der Waals surface area contributed by atoms with Gasteiger partial charge in [-0.1, -0.05) is 35.3 Å². The van der Waals surface area contributed by atoms with E-state index in [1.165, 1.54) is 0 Å². The van der Waals surface area contributed by atoms with E-state index in [1.54, 1.807) is 35.2 Å². The Balaban J connectivity index is 1.36. The van der Waals surface area contributed by atoms with Crippen LogP contribution in [-0.4, -0.2) is 25.0 Å². The normalized spacial score (nSPS) is 15.0. The molecule has 1 atom stereocenters. The number of carbonyl (C=O) groups is 2. The van der Waals surface area contributed by atoms with Crippen molar-refractivity contribution in [1.82, 2.24) is 5.43 Å². The number of anilines is 2. The second-order valence-corrected chi connectivity index (χ2v) is 9.73. The lowest BCUT2D eigenvalue weighted by molar-refractivity contribution is -0.125. The monoisotopic (exact) mass is 541 g/mol. The lowest BCUT2D eigenvalue weighted by Crippen LogP contribution is -2.36. The van der Waals surface area contributed by atoms with E-state index in [4.69, 9.17) is 32.7 Å². The van der Waals surface area contributed by atoms with Crippen LogP contribution >= 0.6 is 23.2 Å². The molecule has 3 aromatic rings. The minimum atomic E-state index is -0.457. The number of hydrogen-bond acceptors (Lipinski definition) is 5. The Morgan fingerprint density at radius 2 is 1.78 bits per heavy atom. The van der Waals surface area contributed by atoms with Crippen molar-refractivity contribution < 1.29 is 19.1 Å². The molecule has 194 valence electrons. The summed E-state index contributed by atoms with van der Waals surface area (Å²) >= 11 is 12.1. The Morgan fingerprint density at radius 1 is 0.973 bits per heavy atom. The highest BCUT2D eigenvalue weighted by Gasteiger charge is 2.35. The zero-order valence-corrected chi connectivity index (χ0v) is 22.4. The van der Waals surface area contributed by atoms with Crippen LogP contribution in [0.3, 0.4) is 0 Å². The molecule has 0 unspecified atom stereocenters. The SMILES string of the molecule is CCOc1cc(NNC(=O)[C@@H]2CC(=O)N(c3ccc(C)c(C)c3)C2)ccc1OCc1ccc(Cl)c(Cl)c1. The molecule has 0 radical (unpaired) electrons. The number of hydrazine groups is 1. The third-order valence-electron chi connectivity index (χ3n) is 6.25. The van der Waals surface area contributed by atoms with Gasteiger partial charge in [-0.15, -0.1) is 0 Å². The highest BCUT2D eigenvalue weighted by Crippen LogP contribution is 2.32. The molecule has 0 spiro atoms. The van der Waals surface area contributed by atoms with Gasteiger partial charge in [-0.05, 0) is 73.9 Å². The number of nitrogens with zero attached hydrogens (tertiary/aromatic N) is 1. The van der Waals surface area contributed by atoms with Crippen LogP contribution in [-0.2, 0) is 16.2 Å². The van der Waals surface area contributed by atoms with E-state index in [1.807, 2.05) is 45.0 Å². The van der Waals surface area contributed by atoms with Crippen LogP contribution in [0.15, 0.2) is 54.6 Å². The Labute approximate surface area is 226 Å². The maximum absolute atomic E-state index is 12.8. The number of carbonyl (C=O) groups excluding carboxylic acids is 2. The molecule has 0 aromatic heterocycles. The lowest BCUT2D eigenvalue weighted by Gasteiger charge is -2.18. The number of rotatable bonds is 9. The number of benzene rings is 3. The molecule has 9 heteroatoms. The van der Waals surface area contributed by atoms with Crippen molar-refractivity contribution in [1.29, 1.82) is 0 Å². The molecular weight excluding hydrogens is 513 g/mol. The first-order valence-electron chi connectivity index (χ1n) is 12.0. The Bertz CT molecular complexity index is 1310. The molecule has 2 amide bonds. The zero-order valence-electron chi connectivity index (χ0n) is 20.9. The summed E-state index contributed by atoms with van der Waals surface area (Å²) in [6, 6.07) is 16.5. The number of amides is 2. The van der Waals surface area contributed by atoms with Gasteiger partial charge in [0.05, 0.1) is 28.3 Å².